The second-order valence-corrected chi connectivity index (χ2v) is 9.56. The van der Waals surface area contributed by atoms with Crippen molar-refractivity contribution in [1.82, 2.24) is 9.62 Å². The van der Waals surface area contributed by atoms with Crippen LogP contribution in [0.5, 0.6) is 5.75 Å². The van der Waals surface area contributed by atoms with Crippen LogP contribution >= 0.6 is 0 Å². The van der Waals surface area contributed by atoms with Crippen LogP contribution in [0.25, 0.3) is 0 Å². The van der Waals surface area contributed by atoms with E-state index in [-0.39, 0.29) is 4.90 Å². The van der Waals surface area contributed by atoms with Crippen LogP contribution in [0.4, 0.5) is 0 Å². The lowest BCUT2D eigenvalue weighted by Gasteiger charge is -2.32. The number of rotatable bonds is 4. The van der Waals surface area contributed by atoms with E-state index in [0.717, 1.165) is 0 Å². The summed E-state index contributed by atoms with van der Waals surface area (Å²) in [5, 5.41) is 3.16. The molecule has 0 spiro atoms. The lowest BCUT2D eigenvalue weighted by Crippen LogP contribution is -2.46. The van der Waals surface area contributed by atoms with Crippen LogP contribution in [0.1, 0.15) is 27.7 Å². The highest BCUT2D eigenvalue weighted by Gasteiger charge is 2.52. The number of hydrogen-bond acceptors (Lipinski definition) is 6. The first kappa shape index (κ1) is 19.6. The summed E-state index contributed by atoms with van der Waals surface area (Å²) >= 11 is 0. The molecule has 0 radical (unpaired) electrons. The van der Waals surface area contributed by atoms with E-state index in [9.17, 15) is 8.42 Å². The minimum absolute atomic E-state index is 0.147. The molecule has 2 aliphatic heterocycles. The van der Waals surface area contributed by atoms with Gasteiger partial charge >= 0.3 is 7.12 Å². The fourth-order valence-electron chi connectivity index (χ4n) is 3.04. The lowest BCUT2D eigenvalue weighted by molar-refractivity contribution is 0.00578. The number of benzene rings is 1. The number of methoxy groups -OCH3 is 1. The summed E-state index contributed by atoms with van der Waals surface area (Å²) in [6.07, 6.45) is 0. The molecule has 0 amide bonds. The van der Waals surface area contributed by atoms with Gasteiger partial charge in [-0.3, -0.25) is 0 Å². The van der Waals surface area contributed by atoms with Crippen molar-refractivity contribution in [2.24, 2.45) is 0 Å². The van der Waals surface area contributed by atoms with Crippen molar-refractivity contribution in [2.75, 3.05) is 33.3 Å². The van der Waals surface area contributed by atoms with Crippen LogP contribution in [0.15, 0.2) is 23.1 Å². The molecule has 7 nitrogen and oxygen atoms in total. The van der Waals surface area contributed by atoms with Gasteiger partial charge in [-0.15, -0.1) is 0 Å². The van der Waals surface area contributed by atoms with Crippen LogP contribution in [0, 0.1) is 0 Å². The van der Waals surface area contributed by atoms with Gasteiger partial charge in [0.25, 0.3) is 0 Å². The van der Waals surface area contributed by atoms with Crippen molar-refractivity contribution in [3.8, 4) is 5.75 Å². The van der Waals surface area contributed by atoms with Crippen LogP contribution in [-0.2, 0) is 19.3 Å². The fourth-order valence-corrected chi connectivity index (χ4v) is 4.68. The highest BCUT2D eigenvalue weighted by Crippen LogP contribution is 2.37. The van der Waals surface area contributed by atoms with E-state index < -0.39 is 28.3 Å². The summed E-state index contributed by atoms with van der Waals surface area (Å²) in [6.45, 7) is 10.0. The summed E-state index contributed by atoms with van der Waals surface area (Å²) < 4.78 is 45.2. The second kappa shape index (κ2) is 6.80. The summed E-state index contributed by atoms with van der Waals surface area (Å²) in [4.78, 5) is 0.147. The van der Waals surface area contributed by atoms with Crippen LogP contribution in [0.3, 0.4) is 0 Å². The maximum absolute atomic E-state index is 13.1. The van der Waals surface area contributed by atoms with Gasteiger partial charge < -0.3 is 19.4 Å². The maximum Gasteiger partial charge on any atom is 0.494 e. The number of ether oxygens (including phenoxy) is 1. The van der Waals surface area contributed by atoms with Crippen LogP contribution < -0.4 is 15.5 Å². The third kappa shape index (κ3) is 3.38. The molecule has 0 aliphatic carbocycles. The normalized spacial score (nSPS) is 23.2. The first-order valence-electron chi connectivity index (χ1n) is 8.83. The Morgan fingerprint density at radius 1 is 1.12 bits per heavy atom. The van der Waals surface area contributed by atoms with Gasteiger partial charge in [-0.05, 0) is 45.3 Å². The Bertz CT molecular complexity index is 759. The van der Waals surface area contributed by atoms with E-state index in [4.69, 9.17) is 14.0 Å². The van der Waals surface area contributed by atoms with Gasteiger partial charge in [0.1, 0.15) is 10.6 Å². The first-order chi connectivity index (χ1) is 12.1. The van der Waals surface area contributed by atoms with Gasteiger partial charge in [-0.2, -0.15) is 4.31 Å². The van der Waals surface area contributed by atoms with E-state index in [1.165, 1.54) is 11.4 Å². The average molecular weight is 382 g/mol. The summed E-state index contributed by atoms with van der Waals surface area (Å²) in [5.41, 5.74) is -0.317. The minimum Gasteiger partial charge on any atom is -0.495 e. The number of sulfonamides is 1. The predicted molar refractivity (Wildman–Crippen MR) is 100 cm³/mol. The molecule has 0 saturated carbocycles. The van der Waals surface area contributed by atoms with E-state index in [1.807, 2.05) is 27.7 Å². The van der Waals surface area contributed by atoms with E-state index in [0.29, 0.717) is 37.4 Å². The fraction of sp³-hybridized carbons (Fsp3) is 0.647. The van der Waals surface area contributed by atoms with Crippen LogP contribution in [-0.4, -0.2) is 64.3 Å². The Morgan fingerprint density at radius 2 is 1.69 bits per heavy atom. The zero-order valence-electron chi connectivity index (χ0n) is 16.0. The standard InChI is InChI=1S/C17H27BN2O5S/c1-16(2)17(3,4)25-18(24-16)13-6-7-14(23-5)15(12-13)26(21,22)20-10-8-19-9-11-20/h6-7,12,19H,8-11H2,1-5H3. The van der Waals surface area contributed by atoms with Gasteiger partial charge in [-0.25, -0.2) is 8.42 Å². The van der Waals surface area contributed by atoms with Crippen molar-refractivity contribution in [2.45, 2.75) is 43.8 Å². The smallest absolute Gasteiger partial charge is 0.494 e. The van der Waals surface area contributed by atoms with Gasteiger partial charge in [0.15, 0.2) is 0 Å². The van der Waals surface area contributed by atoms with Crippen molar-refractivity contribution in [3.63, 3.8) is 0 Å². The third-order valence-electron chi connectivity index (χ3n) is 5.41. The molecule has 3 rings (SSSR count). The molecule has 26 heavy (non-hydrogen) atoms. The van der Waals surface area contributed by atoms with E-state index >= 15 is 0 Å². The number of nitrogens with zero attached hydrogens (tertiary/aromatic N) is 1. The monoisotopic (exact) mass is 382 g/mol. The van der Waals surface area contributed by atoms with Crippen molar-refractivity contribution in [3.05, 3.63) is 18.2 Å². The maximum atomic E-state index is 13.1. The topological polar surface area (TPSA) is 77.1 Å². The number of hydrogen-bond donors (Lipinski definition) is 1. The van der Waals surface area contributed by atoms with Gasteiger partial charge in [0.2, 0.25) is 10.0 Å². The molecule has 1 aromatic carbocycles. The van der Waals surface area contributed by atoms with Gasteiger partial charge in [-0.1, -0.05) is 6.07 Å². The van der Waals surface area contributed by atoms with Crippen LogP contribution in [0.2, 0.25) is 0 Å². The quantitative estimate of drug-likeness (QED) is 0.769. The molecule has 0 bridgehead atoms. The molecular formula is C17H27BN2O5S. The number of nitrogens with one attached hydrogen (secondary N) is 1. The molecule has 0 unspecified atom stereocenters. The number of piperazine rings is 1. The van der Waals surface area contributed by atoms with Crippen molar-refractivity contribution in [1.29, 1.82) is 0 Å². The minimum atomic E-state index is -3.66. The summed E-state index contributed by atoms with van der Waals surface area (Å²) in [7, 11) is -2.81. The molecule has 1 N–H and O–H groups in total. The van der Waals surface area contributed by atoms with Gasteiger partial charge in [0.05, 0.1) is 18.3 Å². The van der Waals surface area contributed by atoms with E-state index in [1.54, 1.807) is 18.2 Å². The predicted octanol–water partition coefficient (Wildman–Crippen LogP) is 0.588. The SMILES string of the molecule is COc1ccc(B2OC(C)(C)C(C)(C)O2)cc1S(=O)(=O)N1CCNCC1. The Hall–Kier alpha value is -1.13. The van der Waals surface area contributed by atoms with E-state index in [2.05, 4.69) is 5.32 Å². The van der Waals surface area contributed by atoms with Gasteiger partial charge in [0, 0.05) is 26.2 Å². The largest absolute Gasteiger partial charge is 0.495 e. The van der Waals surface area contributed by atoms with Crippen molar-refractivity contribution >= 4 is 22.6 Å². The Balaban J connectivity index is 1.98. The zero-order chi connectivity index (χ0) is 19.2. The highest BCUT2D eigenvalue weighted by molar-refractivity contribution is 7.89. The molecule has 1 aromatic rings. The Labute approximate surface area is 156 Å². The molecule has 2 saturated heterocycles. The molecule has 9 heteroatoms. The zero-order valence-corrected chi connectivity index (χ0v) is 16.9. The molecular weight excluding hydrogens is 355 g/mol. The molecule has 144 valence electrons. The molecule has 2 aliphatic rings. The first-order valence-corrected chi connectivity index (χ1v) is 10.3. The third-order valence-corrected chi connectivity index (χ3v) is 7.33. The summed E-state index contributed by atoms with van der Waals surface area (Å²) in [5.74, 6) is 0.323. The molecule has 2 fully saturated rings. The Morgan fingerprint density at radius 3 is 2.23 bits per heavy atom. The molecule has 0 atom stereocenters. The van der Waals surface area contributed by atoms with Crippen molar-refractivity contribution < 1.29 is 22.5 Å². The molecule has 2 heterocycles. The molecule has 0 aromatic heterocycles. The Kier molecular flexibility index (Phi) is 5.13. The average Bonchev–Trinajstić information content (AvgIpc) is 2.83. The lowest BCUT2D eigenvalue weighted by atomic mass is 9.79. The highest BCUT2D eigenvalue weighted by atomic mass is 32.2. The summed E-state index contributed by atoms with van der Waals surface area (Å²) in [6, 6.07) is 5.06. The second-order valence-electron chi connectivity index (χ2n) is 7.65.